The van der Waals surface area contributed by atoms with Crippen LogP contribution in [0.1, 0.15) is 41.2 Å². The lowest BCUT2D eigenvalue weighted by molar-refractivity contribution is -0.121. The molecule has 2 amide bonds. The Labute approximate surface area is 213 Å². The lowest BCUT2D eigenvalue weighted by Crippen LogP contribution is -2.33. The van der Waals surface area contributed by atoms with Gasteiger partial charge in [-0.2, -0.15) is 0 Å². The standard InChI is InChI=1S/C27H26N6O2S/c1-15-11-16(2)29-25(28-15)30-19-8-6-7-18(12-19)23(34)32-26-31-21(14-36-26)17-9-10-22-20(13-17)27(3,4)24(35)33(22)5/h6-14H,1-5H3,(H,28,29,30)(H,31,32,34). The molecule has 0 saturated heterocycles. The zero-order valence-electron chi connectivity index (χ0n) is 20.7. The number of aryl methyl sites for hydroxylation is 2. The van der Waals surface area contributed by atoms with Gasteiger partial charge in [0.25, 0.3) is 5.91 Å². The Morgan fingerprint density at radius 3 is 2.50 bits per heavy atom. The van der Waals surface area contributed by atoms with E-state index in [9.17, 15) is 9.59 Å². The number of hydrogen-bond donors (Lipinski definition) is 2. The maximum atomic E-state index is 12.9. The molecule has 2 aromatic heterocycles. The largest absolute Gasteiger partial charge is 0.324 e. The predicted molar refractivity (Wildman–Crippen MR) is 143 cm³/mol. The molecule has 0 radical (unpaired) electrons. The van der Waals surface area contributed by atoms with Crippen molar-refractivity contribution in [3.8, 4) is 11.3 Å². The van der Waals surface area contributed by atoms with Crippen molar-refractivity contribution < 1.29 is 9.59 Å². The summed E-state index contributed by atoms with van der Waals surface area (Å²) < 4.78 is 0. The quantitative estimate of drug-likeness (QED) is 0.379. The van der Waals surface area contributed by atoms with Crippen LogP contribution in [0.25, 0.3) is 11.3 Å². The molecule has 0 fully saturated rings. The zero-order valence-corrected chi connectivity index (χ0v) is 21.5. The maximum absolute atomic E-state index is 12.9. The highest BCUT2D eigenvalue weighted by Gasteiger charge is 2.42. The highest BCUT2D eigenvalue weighted by atomic mass is 32.1. The van der Waals surface area contributed by atoms with Crippen LogP contribution in [0.5, 0.6) is 0 Å². The van der Waals surface area contributed by atoms with E-state index in [1.165, 1.54) is 11.3 Å². The van der Waals surface area contributed by atoms with Gasteiger partial charge in [-0.1, -0.05) is 12.1 Å². The Morgan fingerprint density at radius 1 is 1.00 bits per heavy atom. The van der Waals surface area contributed by atoms with Gasteiger partial charge in [0.2, 0.25) is 11.9 Å². The number of hydrogen-bond acceptors (Lipinski definition) is 7. The number of likely N-dealkylation sites (N-methyl/N-ethyl adjacent to an activating group) is 1. The number of carbonyl (C=O) groups is 2. The molecular formula is C27H26N6O2S. The first-order chi connectivity index (χ1) is 17.1. The fraction of sp³-hybridized carbons (Fsp3) is 0.222. The molecule has 2 aromatic carbocycles. The van der Waals surface area contributed by atoms with Gasteiger partial charge in [-0.3, -0.25) is 14.9 Å². The minimum atomic E-state index is -0.589. The van der Waals surface area contributed by atoms with Crippen molar-refractivity contribution in [2.75, 3.05) is 22.6 Å². The number of benzene rings is 2. The highest BCUT2D eigenvalue weighted by molar-refractivity contribution is 7.14. The van der Waals surface area contributed by atoms with E-state index in [2.05, 4.69) is 25.6 Å². The third kappa shape index (κ3) is 4.33. The second-order valence-electron chi connectivity index (χ2n) is 9.39. The monoisotopic (exact) mass is 498 g/mol. The molecule has 0 atom stereocenters. The normalized spacial score (nSPS) is 14.0. The summed E-state index contributed by atoms with van der Waals surface area (Å²) in [5.74, 6) is 0.296. The molecule has 1 aliphatic rings. The van der Waals surface area contributed by atoms with E-state index in [0.717, 1.165) is 33.9 Å². The van der Waals surface area contributed by atoms with Crippen LogP contribution in [-0.2, 0) is 10.2 Å². The Morgan fingerprint density at radius 2 is 1.75 bits per heavy atom. The molecule has 182 valence electrons. The van der Waals surface area contributed by atoms with Gasteiger partial charge in [-0.05, 0) is 69.7 Å². The average molecular weight is 499 g/mol. The van der Waals surface area contributed by atoms with E-state index in [-0.39, 0.29) is 11.8 Å². The van der Waals surface area contributed by atoms with E-state index < -0.39 is 5.41 Å². The fourth-order valence-corrected chi connectivity index (χ4v) is 5.13. The summed E-state index contributed by atoms with van der Waals surface area (Å²) >= 11 is 1.36. The second kappa shape index (κ2) is 8.83. The van der Waals surface area contributed by atoms with Crippen molar-refractivity contribution in [1.82, 2.24) is 15.0 Å². The van der Waals surface area contributed by atoms with Gasteiger partial charge in [-0.15, -0.1) is 11.3 Å². The van der Waals surface area contributed by atoms with Crippen LogP contribution >= 0.6 is 11.3 Å². The molecule has 8 nitrogen and oxygen atoms in total. The van der Waals surface area contributed by atoms with Gasteiger partial charge in [0.15, 0.2) is 5.13 Å². The topological polar surface area (TPSA) is 100 Å². The van der Waals surface area contributed by atoms with Gasteiger partial charge >= 0.3 is 0 Å². The van der Waals surface area contributed by atoms with Crippen molar-refractivity contribution in [2.45, 2.75) is 33.1 Å². The van der Waals surface area contributed by atoms with Crippen molar-refractivity contribution in [3.63, 3.8) is 0 Å². The molecular weight excluding hydrogens is 472 g/mol. The molecule has 0 unspecified atom stereocenters. The number of amides is 2. The van der Waals surface area contributed by atoms with E-state index in [0.29, 0.717) is 22.3 Å². The number of fused-ring (bicyclic) bond motifs is 1. The van der Waals surface area contributed by atoms with Crippen molar-refractivity contribution in [3.05, 3.63) is 76.4 Å². The molecule has 9 heteroatoms. The van der Waals surface area contributed by atoms with Crippen LogP contribution in [0.3, 0.4) is 0 Å². The predicted octanol–water partition coefficient (Wildman–Crippen LogP) is 5.47. The number of thiazole rings is 1. The number of nitrogens with one attached hydrogen (secondary N) is 2. The summed E-state index contributed by atoms with van der Waals surface area (Å²) in [5.41, 5.74) is 5.89. The summed E-state index contributed by atoms with van der Waals surface area (Å²) in [5, 5.41) is 8.45. The van der Waals surface area contributed by atoms with E-state index in [1.54, 1.807) is 30.1 Å². The number of rotatable bonds is 5. The van der Waals surface area contributed by atoms with Crippen molar-refractivity contribution in [1.29, 1.82) is 0 Å². The number of carbonyl (C=O) groups excluding carboxylic acids is 2. The minimum absolute atomic E-state index is 0.0710. The minimum Gasteiger partial charge on any atom is -0.324 e. The van der Waals surface area contributed by atoms with Crippen molar-refractivity contribution >= 4 is 45.6 Å². The lowest BCUT2D eigenvalue weighted by atomic mass is 9.85. The Hall–Kier alpha value is -4.11. The first-order valence-electron chi connectivity index (χ1n) is 11.5. The molecule has 4 aromatic rings. The Balaban J connectivity index is 1.32. The summed E-state index contributed by atoms with van der Waals surface area (Å²) in [4.78, 5) is 40.6. The van der Waals surface area contributed by atoms with Crippen LogP contribution < -0.4 is 15.5 Å². The average Bonchev–Trinajstić information content (AvgIpc) is 3.36. The smallest absolute Gasteiger partial charge is 0.257 e. The van der Waals surface area contributed by atoms with Crippen molar-refractivity contribution in [2.24, 2.45) is 0 Å². The molecule has 0 saturated carbocycles. The lowest BCUT2D eigenvalue weighted by Gasteiger charge is -2.16. The first kappa shape index (κ1) is 23.6. The Bertz CT molecular complexity index is 1490. The second-order valence-corrected chi connectivity index (χ2v) is 10.3. The number of anilines is 4. The number of aromatic nitrogens is 3. The highest BCUT2D eigenvalue weighted by Crippen LogP contribution is 2.42. The molecule has 5 rings (SSSR count). The van der Waals surface area contributed by atoms with Gasteiger partial charge in [0.1, 0.15) is 0 Å². The summed E-state index contributed by atoms with van der Waals surface area (Å²) in [7, 11) is 1.80. The van der Waals surface area contributed by atoms with Gasteiger partial charge in [-0.25, -0.2) is 15.0 Å². The molecule has 0 spiro atoms. The summed E-state index contributed by atoms with van der Waals surface area (Å²) in [6, 6.07) is 15.0. The van der Waals surface area contributed by atoms with Crippen LogP contribution in [0.2, 0.25) is 0 Å². The van der Waals surface area contributed by atoms with Crippen LogP contribution in [0, 0.1) is 13.8 Å². The third-order valence-corrected chi connectivity index (χ3v) is 7.01. The van der Waals surface area contributed by atoms with Crippen LogP contribution in [0.15, 0.2) is 53.9 Å². The summed E-state index contributed by atoms with van der Waals surface area (Å²) in [6.45, 7) is 7.69. The first-order valence-corrected chi connectivity index (χ1v) is 12.4. The zero-order chi connectivity index (χ0) is 25.6. The SMILES string of the molecule is Cc1cc(C)nc(Nc2cccc(C(=O)Nc3nc(-c4ccc5c(c4)C(C)(C)C(=O)N5C)cs3)c2)n1. The molecule has 2 N–H and O–H groups in total. The van der Waals surface area contributed by atoms with Crippen LogP contribution in [-0.4, -0.2) is 33.8 Å². The maximum Gasteiger partial charge on any atom is 0.257 e. The number of nitrogens with zero attached hydrogens (tertiary/aromatic N) is 4. The van der Waals surface area contributed by atoms with E-state index in [4.69, 9.17) is 0 Å². The molecule has 3 heterocycles. The van der Waals surface area contributed by atoms with Gasteiger partial charge in [0.05, 0.1) is 11.1 Å². The summed E-state index contributed by atoms with van der Waals surface area (Å²) in [6.07, 6.45) is 0. The fourth-order valence-electron chi connectivity index (χ4n) is 4.41. The van der Waals surface area contributed by atoms with E-state index >= 15 is 0 Å². The molecule has 0 aliphatic carbocycles. The molecule has 36 heavy (non-hydrogen) atoms. The van der Waals surface area contributed by atoms with Gasteiger partial charge in [0, 0.05) is 46.3 Å². The molecule has 1 aliphatic heterocycles. The van der Waals surface area contributed by atoms with Gasteiger partial charge < -0.3 is 10.2 Å². The molecule has 0 bridgehead atoms. The van der Waals surface area contributed by atoms with E-state index in [1.807, 2.05) is 63.4 Å². The van der Waals surface area contributed by atoms with Crippen LogP contribution in [0.4, 0.5) is 22.5 Å². The third-order valence-electron chi connectivity index (χ3n) is 6.25. The Kier molecular flexibility index (Phi) is 5.80.